The summed E-state index contributed by atoms with van der Waals surface area (Å²) >= 11 is 0. The van der Waals surface area contributed by atoms with Crippen molar-refractivity contribution in [1.82, 2.24) is 10.6 Å². The Morgan fingerprint density at radius 2 is 1.23 bits per heavy atom. The molecule has 0 aromatic heterocycles. The lowest BCUT2D eigenvalue weighted by Crippen LogP contribution is -2.42. The van der Waals surface area contributed by atoms with Crippen LogP contribution in [0.25, 0.3) is 0 Å². The zero-order valence-electron chi connectivity index (χ0n) is 16.3. The van der Waals surface area contributed by atoms with Crippen molar-refractivity contribution in [3.05, 3.63) is 71.8 Å². The maximum absolute atomic E-state index is 11.6. The highest BCUT2D eigenvalue weighted by Crippen LogP contribution is 2.00. The topological polar surface area (TPSA) is 151 Å². The van der Waals surface area contributed by atoms with Crippen LogP contribution >= 0.6 is 0 Å². The van der Waals surface area contributed by atoms with E-state index in [4.69, 9.17) is 14.9 Å². The number of methoxy groups -OCH3 is 2. The van der Waals surface area contributed by atoms with Crippen LogP contribution in [0.4, 0.5) is 0 Å². The molecule has 10 nitrogen and oxygen atoms in total. The summed E-state index contributed by atoms with van der Waals surface area (Å²) in [5.41, 5.74) is 0.751. The van der Waals surface area contributed by atoms with Gasteiger partial charge in [-0.1, -0.05) is 36.4 Å². The first-order chi connectivity index (χ1) is 14.3. The van der Waals surface area contributed by atoms with Crippen LogP contribution in [-0.4, -0.2) is 60.6 Å². The molecule has 0 spiro atoms. The molecule has 2 unspecified atom stereocenters. The lowest BCUT2D eigenvalue weighted by atomic mass is 10.2. The summed E-state index contributed by atoms with van der Waals surface area (Å²) < 4.78 is 9.25. The number of hydrogen-bond donors (Lipinski definition) is 4. The number of carboxylic acids is 1. The summed E-state index contributed by atoms with van der Waals surface area (Å²) in [6.07, 6.45) is -2.96. The van der Waals surface area contributed by atoms with E-state index in [1.807, 2.05) is 5.32 Å². The van der Waals surface area contributed by atoms with E-state index in [0.717, 1.165) is 0 Å². The number of rotatable bonds is 7. The molecule has 0 aliphatic heterocycles. The maximum Gasteiger partial charge on any atom is 0.356 e. The third-order valence-electron chi connectivity index (χ3n) is 3.49. The van der Waals surface area contributed by atoms with E-state index in [2.05, 4.69) is 10.1 Å². The van der Waals surface area contributed by atoms with E-state index in [1.165, 1.54) is 26.4 Å². The van der Waals surface area contributed by atoms with Crippen molar-refractivity contribution in [2.24, 2.45) is 0 Å². The lowest BCUT2D eigenvalue weighted by molar-refractivity contribution is -0.153. The number of carbonyl (C=O) groups is 4. The largest absolute Gasteiger partial charge is 0.478 e. The molecule has 0 saturated heterocycles. The molecule has 160 valence electrons. The van der Waals surface area contributed by atoms with Crippen molar-refractivity contribution < 1.29 is 38.9 Å². The minimum absolute atomic E-state index is 0.299. The molecular weight excluding hydrogens is 396 g/mol. The van der Waals surface area contributed by atoms with Crippen molar-refractivity contribution in [3.8, 4) is 0 Å². The second-order valence-corrected chi connectivity index (χ2v) is 5.56. The van der Waals surface area contributed by atoms with Crippen LogP contribution in [0.3, 0.4) is 0 Å². The van der Waals surface area contributed by atoms with Gasteiger partial charge in [0, 0.05) is 18.2 Å². The molecular formula is C20H22N2O8. The monoisotopic (exact) mass is 418 g/mol. The van der Waals surface area contributed by atoms with Crippen molar-refractivity contribution in [3.63, 3.8) is 0 Å². The van der Waals surface area contributed by atoms with Crippen LogP contribution in [0, 0.1) is 0 Å². The molecule has 2 amide bonds. The van der Waals surface area contributed by atoms with Crippen LogP contribution in [0.2, 0.25) is 0 Å². The number of carbonyl (C=O) groups excluding carboxylic acids is 3. The fourth-order valence-corrected chi connectivity index (χ4v) is 1.97. The van der Waals surface area contributed by atoms with Crippen LogP contribution in [0.5, 0.6) is 0 Å². The molecule has 2 atom stereocenters. The van der Waals surface area contributed by atoms with Gasteiger partial charge in [-0.3, -0.25) is 9.59 Å². The predicted molar refractivity (Wildman–Crippen MR) is 104 cm³/mol. The average Bonchev–Trinajstić information content (AvgIpc) is 2.78. The zero-order chi connectivity index (χ0) is 22.5. The Labute approximate surface area is 172 Å². The first kappa shape index (κ1) is 24.3. The quantitative estimate of drug-likeness (QED) is 0.372. The molecule has 0 saturated carbocycles. The number of aliphatic hydroxyl groups is 1. The number of ether oxygens (including phenoxy) is 2. The number of esters is 1. The second kappa shape index (κ2) is 12.6. The molecule has 0 heterocycles. The highest BCUT2D eigenvalue weighted by molar-refractivity contribution is 5.96. The number of benzene rings is 2. The van der Waals surface area contributed by atoms with Gasteiger partial charge in [-0.15, -0.1) is 0 Å². The van der Waals surface area contributed by atoms with Crippen molar-refractivity contribution in [1.29, 1.82) is 0 Å². The van der Waals surface area contributed by atoms with Gasteiger partial charge in [-0.05, 0) is 24.3 Å². The van der Waals surface area contributed by atoms with Crippen LogP contribution in [-0.2, 0) is 19.1 Å². The first-order valence-corrected chi connectivity index (χ1v) is 8.53. The fraction of sp³-hybridized carbons (Fsp3) is 0.200. The predicted octanol–water partition coefficient (Wildman–Crippen LogP) is 0.381. The van der Waals surface area contributed by atoms with Crippen LogP contribution < -0.4 is 10.6 Å². The standard InChI is InChI=1S/C11H13NO4.C9H9NO4/c1-15-10(11(14)16-2)12-9(13)8-6-4-3-5-7-8;11-7(10-8(12)9(13)14)6-4-2-1-3-5-6/h3-7,10H,1-2H3,(H,12,13);1-5,8,12H,(H,10,11)(H,13,14). The smallest absolute Gasteiger partial charge is 0.356 e. The van der Waals surface area contributed by atoms with Gasteiger partial charge in [-0.25, -0.2) is 9.59 Å². The Hall–Kier alpha value is -3.76. The summed E-state index contributed by atoms with van der Waals surface area (Å²) in [6.45, 7) is 0. The molecule has 30 heavy (non-hydrogen) atoms. The molecule has 0 fully saturated rings. The minimum Gasteiger partial charge on any atom is -0.478 e. The van der Waals surface area contributed by atoms with Gasteiger partial charge in [0.25, 0.3) is 11.8 Å². The summed E-state index contributed by atoms with van der Waals surface area (Å²) in [5.74, 6) is -3.15. The van der Waals surface area contributed by atoms with E-state index in [-0.39, 0.29) is 0 Å². The first-order valence-electron chi connectivity index (χ1n) is 8.53. The summed E-state index contributed by atoms with van der Waals surface area (Å²) in [7, 11) is 2.54. The zero-order valence-corrected chi connectivity index (χ0v) is 16.3. The van der Waals surface area contributed by atoms with E-state index in [9.17, 15) is 19.2 Å². The SMILES string of the molecule is COC(=O)C(NC(=O)c1ccccc1)OC.O=C(NC(O)C(=O)O)c1ccccc1. The molecule has 2 aromatic rings. The molecule has 2 rings (SSSR count). The van der Waals surface area contributed by atoms with E-state index in [1.54, 1.807) is 48.5 Å². The Balaban J connectivity index is 0.000000303. The number of amides is 2. The second-order valence-electron chi connectivity index (χ2n) is 5.56. The van der Waals surface area contributed by atoms with Gasteiger partial charge < -0.3 is 30.3 Å². The molecule has 0 bridgehead atoms. The number of carboxylic acid groups (broad SMARTS) is 1. The van der Waals surface area contributed by atoms with Gasteiger partial charge in [0.05, 0.1) is 7.11 Å². The van der Waals surface area contributed by atoms with E-state index in [0.29, 0.717) is 11.1 Å². The summed E-state index contributed by atoms with van der Waals surface area (Å²) in [6, 6.07) is 16.6. The molecule has 0 aliphatic rings. The van der Waals surface area contributed by atoms with Crippen molar-refractivity contribution in [2.75, 3.05) is 14.2 Å². The molecule has 0 radical (unpaired) electrons. The van der Waals surface area contributed by atoms with E-state index >= 15 is 0 Å². The number of aliphatic hydroxyl groups excluding tert-OH is 1. The Morgan fingerprint density at radius 1 is 0.800 bits per heavy atom. The number of hydrogen-bond acceptors (Lipinski definition) is 7. The lowest BCUT2D eigenvalue weighted by Gasteiger charge is -2.14. The van der Waals surface area contributed by atoms with Gasteiger partial charge in [0.2, 0.25) is 12.5 Å². The number of aliphatic carboxylic acids is 1. The highest BCUT2D eigenvalue weighted by Gasteiger charge is 2.21. The van der Waals surface area contributed by atoms with Gasteiger partial charge >= 0.3 is 11.9 Å². The van der Waals surface area contributed by atoms with Crippen LogP contribution in [0.15, 0.2) is 60.7 Å². The minimum atomic E-state index is -1.87. The fourth-order valence-electron chi connectivity index (χ4n) is 1.97. The average molecular weight is 418 g/mol. The molecule has 4 N–H and O–H groups in total. The molecule has 2 aromatic carbocycles. The van der Waals surface area contributed by atoms with Gasteiger partial charge in [-0.2, -0.15) is 0 Å². The van der Waals surface area contributed by atoms with Crippen molar-refractivity contribution >= 4 is 23.8 Å². The normalized spacial score (nSPS) is 11.7. The summed E-state index contributed by atoms with van der Waals surface area (Å²) in [4.78, 5) is 44.2. The Morgan fingerprint density at radius 3 is 1.60 bits per heavy atom. The molecule has 0 aliphatic carbocycles. The van der Waals surface area contributed by atoms with E-state index < -0.39 is 36.2 Å². The van der Waals surface area contributed by atoms with Gasteiger partial charge in [0.1, 0.15) is 0 Å². The van der Waals surface area contributed by atoms with Crippen molar-refractivity contribution in [2.45, 2.75) is 12.5 Å². The maximum atomic E-state index is 11.6. The third-order valence-corrected chi connectivity index (χ3v) is 3.49. The number of nitrogens with one attached hydrogen (secondary N) is 2. The molecule has 10 heteroatoms. The Bertz CT molecular complexity index is 842. The third kappa shape index (κ3) is 8.09. The Kier molecular flexibility index (Phi) is 10.2. The van der Waals surface area contributed by atoms with Gasteiger partial charge in [0.15, 0.2) is 0 Å². The van der Waals surface area contributed by atoms with Crippen LogP contribution in [0.1, 0.15) is 20.7 Å². The highest BCUT2D eigenvalue weighted by atomic mass is 16.6. The summed E-state index contributed by atoms with van der Waals surface area (Å²) in [5, 5.41) is 21.5.